The van der Waals surface area contributed by atoms with Crippen LogP contribution in [-0.4, -0.2) is 25.2 Å². The first-order valence-corrected chi connectivity index (χ1v) is 13.2. The van der Waals surface area contributed by atoms with Crippen molar-refractivity contribution in [2.75, 3.05) is 0 Å². The van der Waals surface area contributed by atoms with E-state index in [-0.39, 0.29) is 28.9 Å². The lowest BCUT2D eigenvalue weighted by atomic mass is 9.84. The Balaban J connectivity index is 2.39. The molecule has 0 fully saturated rings. The van der Waals surface area contributed by atoms with E-state index in [1.165, 1.54) is 0 Å². The van der Waals surface area contributed by atoms with E-state index in [0.29, 0.717) is 0 Å². The molecule has 0 aromatic heterocycles. The molecule has 0 saturated heterocycles. The number of hydrogen-bond acceptors (Lipinski definition) is 3. The van der Waals surface area contributed by atoms with Crippen molar-refractivity contribution in [3.8, 4) is 0 Å². The van der Waals surface area contributed by atoms with Crippen LogP contribution in [0.25, 0.3) is 0 Å². The van der Waals surface area contributed by atoms with Crippen molar-refractivity contribution in [3.05, 3.63) is 60.7 Å². The van der Waals surface area contributed by atoms with E-state index in [2.05, 4.69) is 20.8 Å². The van der Waals surface area contributed by atoms with Crippen molar-refractivity contribution in [2.45, 2.75) is 71.9 Å². The molecule has 0 aliphatic heterocycles. The third-order valence-corrected chi connectivity index (χ3v) is 11.1. The van der Waals surface area contributed by atoms with Gasteiger partial charge < -0.3 is 9.53 Å². The molecular formula is C26H38O3Si. The second-order valence-electron chi connectivity index (χ2n) is 9.14. The average Bonchev–Trinajstić information content (AvgIpc) is 2.77. The van der Waals surface area contributed by atoms with E-state index in [9.17, 15) is 9.59 Å². The predicted molar refractivity (Wildman–Crippen MR) is 128 cm³/mol. The molecule has 2 rings (SSSR count). The number of carbonyl (C=O) groups excluding carboxylic acids is 1. The van der Waals surface area contributed by atoms with Gasteiger partial charge in [0.05, 0.1) is 12.0 Å². The molecule has 0 saturated carbocycles. The van der Waals surface area contributed by atoms with E-state index in [0.717, 1.165) is 29.6 Å². The minimum Gasteiger partial charge on any atom is -0.462 e. The highest BCUT2D eigenvalue weighted by Gasteiger charge is 2.51. The summed E-state index contributed by atoms with van der Waals surface area (Å²) in [6.07, 6.45) is 2.38. The molecule has 1 N–H and O–H groups in total. The second kappa shape index (κ2) is 10.4. The lowest BCUT2D eigenvalue weighted by molar-refractivity contribution is -0.154. The van der Waals surface area contributed by atoms with Gasteiger partial charge in [-0.1, -0.05) is 102 Å². The molecule has 2 unspecified atom stereocenters. The SMILES string of the molecule is CCC(C)OC(=O)[C@H](C)C(CC)CC(C)(C)[Si](O)(c1ccccc1)c1ccccc1. The normalized spacial score (nSPS) is 15.3. The molecule has 2 aromatic carbocycles. The largest absolute Gasteiger partial charge is 0.462 e. The zero-order valence-corrected chi connectivity index (χ0v) is 20.4. The number of esters is 1. The molecule has 0 spiro atoms. The molecular weight excluding hydrogens is 388 g/mol. The van der Waals surface area contributed by atoms with Gasteiger partial charge in [0, 0.05) is 0 Å². The zero-order chi connectivity index (χ0) is 22.4. The number of ether oxygens (including phenoxy) is 1. The molecule has 2 aromatic rings. The fourth-order valence-corrected chi connectivity index (χ4v) is 8.17. The summed E-state index contributed by atoms with van der Waals surface area (Å²) in [6, 6.07) is 20.1. The molecule has 4 heteroatoms. The van der Waals surface area contributed by atoms with Crippen LogP contribution in [0.2, 0.25) is 5.04 Å². The highest BCUT2D eigenvalue weighted by Crippen LogP contribution is 2.44. The number of hydrogen-bond donors (Lipinski definition) is 1. The van der Waals surface area contributed by atoms with Gasteiger partial charge in [-0.2, -0.15) is 0 Å². The molecule has 0 heterocycles. The van der Waals surface area contributed by atoms with Crippen LogP contribution in [0.15, 0.2) is 60.7 Å². The third kappa shape index (κ3) is 5.22. The summed E-state index contributed by atoms with van der Waals surface area (Å²) in [4.78, 5) is 25.1. The van der Waals surface area contributed by atoms with Crippen molar-refractivity contribution in [2.24, 2.45) is 11.8 Å². The summed E-state index contributed by atoms with van der Waals surface area (Å²) in [6.45, 7) is 12.4. The van der Waals surface area contributed by atoms with Crippen molar-refractivity contribution in [1.29, 1.82) is 0 Å². The summed E-state index contributed by atoms with van der Waals surface area (Å²) >= 11 is 0. The van der Waals surface area contributed by atoms with Crippen LogP contribution >= 0.6 is 0 Å². The monoisotopic (exact) mass is 426 g/mol. The van der Waals surface area contributed by atoms with Gasteiger partial charge in [0.2, 0.25) is 0 Å². The molecule has 3 atom stereocenters. The summed E-state index contributed by atoms with van der Waals surface area (Å²) < 4.78 is 5.62. The Morgan fingerprint density at radius 1 is 0.933 bits per heavy atom. The van der Waals surface area contributed by atoms with Gasteiger partial charge >= 0.3 is 5.97 Å². The fraction of sp³-hybridized carbons (Fsp3) is 0.500. The Kier molecular flexibility index (Phi) is 8.45. The standard InChI is InChI=1S/C26H38O3Si/c1-7-20(3)29-25(27)21(4)22(8-2)19-26(5,6)30(28,23-15-11-9-12-16-23)24-17-13-10-14-18-24/h9-18,20-22,28H,7-8,19H2,1-6H3/t20?,21-,22?/m1/s1. The number of rotatable bonds is 10. The van der Waals surface area contributed by atoms with Crippen LogP contribution in [0.3, 0.4) is 0 Å². The first-order chi connectivity index (χ1) is 14.2. The third-order valence-electron chi connectivity index (χ3n) is 6.63. The Labute approximate surface area is 183 Å². The zero-order valence-electron chi connectivity index (χ0n) is 19.4. The molecule has 0 aliphatic carbocycles. The minimum absolute atomic E-state index is 0.0644. The summed E-state index contributed by atoms with van der Waals surface area (Å²) in [7, 11) is -3.08. The Morgan fingerprint density at radius 3 is 1.80 bits per heavy atom. The van der Waals surface area contributed by atoms with Gasteiger partial charge in [-0.15, -0.1) is 0 Å². The lowest BCUT2D eigenvalue weighted by Gasteiger charge is -2.43. The van der Waals surface area contributed by atoms with Crippen molar-refractivity contribution in [3.63, 3.8) is 0 Å². The van der Waals surface area contributed by atoms with Crippen molar-refractivity contribution >= 4 is 24.7 Å². The van der Waals surface area contributed by atoms with Gasteiger partial charge in [-0.3, -0.25) is 4.79 Å². The summed E-state index contributed by atoms with van der Waals surface area (Å²) in [5.74, 6) is -0.187. The molecule has 0 bridgehead atoms. The van der Waals surface area contributed by atoms with Crippen LogP contribution in [0.1, 0.15) is 60.8 Å². The van der Waals surface area contributed by atoms with Crippen LogP contribution < -0.4 is 10.4 Å². The Morgan fingerprint density at radius 2 is 1.40 bits per heavy atom. The number of carbonyl (C=O) groups is 1. The molecule has 0 radical (unpaired) electrons. The van der Waals surface area contributed by atoms with Gasteiger partial charge in [0.15, 0.2) is 0 Å². The van der Waals surface area contributed by atoms with E-state index < -0.39 is 8.32 Å². The molecule has 30 heavy (non-hydrogen) atoms. The second-order valence-corrected chi connectivity index (χ2v) is 13.1. The molecule has 0 aliphatic rings. The highest BCUT2D eigenvalue weighted by atomic mass is 28.4. The van der Waals surface area contributed by atoms with E-state index in [1.54, 1.807) is 0 Å². The maximum absolute atomic E-state index is 12.7. The van der Waals surface area contributed by atoms with Gasteiger partial charge in [0.25, 0.3) is 8.32 Å². The Hall–Kier alpha value is -1.91. The summed E-state index contributed by atoms with van der Waals surface area (Å²) in [5, 5.41) is 1.64. The van der Waals surface area contributed by atoms with Crippen molar-refractivity contribution < 1.29 is 14.3 Å². The van der Waals surface area contributed by atoms with Gasteiger partial charge in [-0.25, -0.2) is 0 Å². The highest BCUT2D eigenvalue weighted by molar-refractivity contribution is 6.98. The minimum atomic E-state index is -3.08. The molecule has 164 valence electrons. The maximum atomic E-state index is 12.7. The van der Waals surface area contributed by atoms with E-state index >= 15 is 0 Å². The molecule has 3 nitrogen and oxygen atoms in total. The quantitative estimate of drug-likeness (QED) is 0.434. The van der Waals surface area contributed by atoms with Crippen molar-refractivity contribution in [1.82, 2.24) is 0 Å². The lowest BCUT2D eigenvalue weighted by Crippen LogP contribution is -2.65. The Bertz CT molecular complexity index is 749. The van der Waals surface area contributed by atoms with Gasteiger partial charge in [-0.05, 0) is 41.1 Å². The average molecular weight is 427 g/mol. The smallest absolute Gasteiger partial charge is 0.309 e. The first kappa shape index (κ1) is 24.4. The fourth-order valence-electron chi connectivity index (χ4n) is 4.37. The van der Waals surface area contributed by atoms with Crippen LogP contribution in [0.4, 0.5) is 0 Å². The predicted octanol–water partition coefficient (Wildman–Crippen LogP) is 4.91. The van der Waals surface area contributed by atoms with E-state index in [4.69, 9.17) is 4.74 Å². The molecule has 0 amide bonds. The first-order valence-electron chi connectivity index (χ1n) is 11.2. The van der Waals surface area contributed by atoms with Crippen LogP contribution in [-0.2, 0) is 9.53 Å². The maximum Gasteiger partial charge on any atom is 0.309 e. The van der Waals surface area contributed by atoms with E-state index in [1.807, 2.05) is 81.4 Å². The van der Waals surface area contributed by atoms with Crippen LogP contribution in [0.5, 0.6) is 0 Å². The van der Waals surface area contributed by atoms with Crippen LogP contribution in [0, 0.1) is 11.8 Å². The number of benzene rings is 2. The summed E-state index contributed by atoms with van der Waals surface area (Å²) in [5.41, 5.74) is 0. The topological polar surface area (TPSA) is 46.5 Å². The van der Waals surface area contributed by atoms with Gasteiger partial charge in [0.1, 0.15) is 0 Å².